The van der Waals surface area contributed by atoms with Crippen LogP contribution in [0.1, 0.15) is 5.56 Å². The number of hydrogen-bond acceptors (Lipinski definition) is 1. The Hall–Kier alpha value is -0.280. The van der Waals surface area contributed by atoms with Crippen LogP contribution in [0.2, 0.25) is 5.02 Å². The molecule has 0 saturated carbocycles. The van der Waals surface area contributed by atoms with Gasteiger partial charge in [-0.05, 0) is 46.9 Å². The third kappa shape index (κ3) is 3.36. The molecule has 88 valence electrons. The first-order chi connectivity index (χ1) is 7.21. The van der Waals surface area contributed by atoms with E-state index in [0.29, 0.717) is 3.57 Å². The molecule has 0 aromatic heterocycles. The summed E-state index contributed by atoms with van der Waals surface area (Å²) in [6.45, 7) is 0. The zero-order valence-corrected chi connectivity index (χ0v) is 11.3. The van der Waals surface area contributed by atoms with Crippen molar-refractivity contribution in [3.63, 3.8) is 0 Å². The number of anilines is 1. The summed E-state index contributed by atoms with van der Waals surface area (Å²) in [5.41, 5.74) is 4.46. The number of thiocarbonyl (C=S) groups is 1. The lowest BCUT2D eigenvalue weighted by molar-refractivity contribution is -0.137. The Balaban J connectivity index is 3.27. The van der Waals surface area contributed by atoms with Gasteiger partial charge in [-0.1, -0.05) is 11.6 Å². The Labute approximate surface area is 113 Å². The molecule has 0 heterocycles. The number of alkyl halides is 3. The van der Waals surface area contributed by atoms with Crippen molar-refractivity contribution in [3.05, 3.63) is 26.3 Å². The van der Waals surface area contributed by atoms with Crippen LogP contribution >= 0.6 is 46.4 Å². The first-order valence-corrected chi connectivity index (χ1v) is 5.71. The van der Waals surface area contributed by atoms with Gasteiger partial charge in [0.25, 0.3) is 0 Å². The average Bonchev–Trinajstić information content (AvgIpc) is 2.06. The maximum absolute atomic E-state index is 12.5. The minimum atomic E-state index is -4.51. The molecule has 0 fully saturated rings. The summed E-state index contributed by atoms with van der Waals surface area (Å²) in [6.07, 6.45) is -4.51. The molecule has 1 aromatic rings. The van der Waals surface area contributed by atoms with E-state index in [1.807, 2.05) is 22.6 Å². The molecule has 0 spiro atoms. The lowest BCUT2D eigenvalue weighted by Gasteiger charge is -2.13. The summed E-state index contributed by atoms with van der Waals surface area (Å²) < 4.78 is 38.1. The smallest absolute Gasteiger partial charge is 0.376 e. The zero-order valence-electron chi connectivity index (χ0n) is 7.53. The molecule has 0 radical (unpaired) electrons. The first kappa shape index (κ1) is 13.8. The number of benzene rings is 1. The second-order valence-electron chi connectivity index (χ2n) is 2.80. The summed E-state index contributed by atoms with van der Waals surface area (Å²) in [7, 11) is 0. The molecule has 2 nitrogen and oxygen atoms in total. The van der Waals surface area contributed by atoms with Crippen LogP contribution in [0.3, 0.4) is 0 Å². The third-order valence-corrected chi connectivity index (χ3v) is 2.93. The highest BCUT2D eigenvalue weighted by atomic mass is 127. The van der Waals surface area contributed by atoms with Crippen molar-refractivity contribution in [2.45, 2.75) is 6.18 Å². The molecule has 3 N–H and O–H groups in total. The number of rotatable bonds is 1. The summed E-state index contributed by atoms with van der Waals surface area (Å²) in [5.74, 6) is 0. The van der Waals surface area contributed by atoms with Crippen molar-refractivity contribution < 1.29 is 13.2 Å². The van der Waals surface area contributed by atoms with Crippen LogP contribution in [0, 0.1) is 3.57 Å². The molecule has 1 rings (SSSR count). The van der Waals surface area contributed by atoms with Gasteiger partial charge in [-0.15, -0.1) is 0 Å². The molecule has 0 bridgehead atoms. The largest absolute Gasteiger partial charge is 0.417 e. The van der Waals surface area contributed by atoms with E-state index >= 15 is 0 Å². The molecule has 1 aromatic carbocycles. The van der Waals surface area contributed by atoms with Crippen molar-refractivity contribution in [1.82, 2.24) is 0 Å². The maximum atomic E-state index is 12.5. The molecule has 0 aliphatic carbocycles. The number of halogens is 5. The second-order valence-corrected chi connectivity index (χ2v) is 4.81. The molecule has 16 heavy (non-hydrogen) atoms. The van der Waals surface area contributed by atoms with Gasteiger partial charge < -0.3 is 11.1 Å². The summed E-state index contributed by atoms with van der Waals surface area (Å²) in [6, 6.07) is 2.08. The fraction of sp³-hybridized carbons (Fsp3) is 0.125. The van der Waals surface area contributed by atoms with Gasteiger partial charge in [0.1, 0.15) is 0 Å². The van der Waals surface area contributed by atoms with Crippen LogP contribution in [0.5, 0.6) is 0 Å². The minimum absolute atomic E-state index is 0.103. The van der Waals surface area contributed by atoms with Gasteiger partial charge >= 0.3 is 6.18 Å². The highest BCUT2D eigenvalue weighted by molar-refractivity contribution is 14.1. The third-order valence-electron chi connectivity index (χ3n) is 1.62. The molecule has 0 unspecified atom stereocenters. The van der Waals surface area contributed by atoms with Crippen molar-refractivity contribution >= 4 is 57.2 Å². The Bertz CT molecular complexity index is 436. The topological polar surface area (TPSA) is 38.0 Å². The van der Waals surface area contributed by atoms with E-state index in [1.165, 1.54) is 6.07 Å². The number of hydrogen-bond donors (Lipinski definition) is 2. The summed E-state index contributed by atoms with van der Waals surface area (Å²) in [5, 5.41) is 2.00. The predicted octanol–water partition coefficient (Wildman–Crippen LogP) is 3.62. The van der Waals surface area contributed by atoms with E-state index in [0.717, 1.165) is 6.07 Å². The van der Waals surface area contributed by atoms with Crippen molar-refractivity contribution in [2.75, 3.05) is 5.32 Å². The first-order valence-electron chi connectivity index (χ1n) is 3.84. The van der Waals surface area contributed by atoms with Gasteiger partial charge in [0, 0.05) is 3.57 Å². The van der Waals surface area contributed by atoms with Gasteiger partial charge in [0.2, 0.25) is 0 Å². The predicted molar refractivity (Wildman–Crippen MR) is 69.6 cm³/mol. The number of nitrogens with one attached hydrogen (secondary N) is 1. The minimum Gasteiger partial charge on any atom is -0.376 e. The second kappa shape index (κ2) is 4.92. The van der Waals surface area contributed by atoms with E-state index in [1.54, 1.807) is 0 Å². The highest BCUT2D eigenvalue weighted by Gasteiger charge is 2.34. The number of nitrogens with two attached hydrogens (primary N) is 1. The summed E-state index contributed by atoms with van der Waals surface area (Å²) >= 11 is 11.9. The van der Waals surface area contributed by atoms with Crippen molar-refractivity contribution in [3.8, 4) is 0 Å². The molecule has 0 aliphatic rings. The molecule has 0 atom stereocenters. The Morgan fingerprint density at radius 3 is 2.44 bits per heavy atom. The van der Waals surface area contributed by atoms with E-state index in [2.05, 4.69) is 17.5 Å². The molecule has 0 amide bonds. The SMILES string of the molecule is NC(=S)Nc1cc(C(F)(F)F)c(Cl)cc1I. The zero-order chi connectivity index (χ0) is 12.5. The molecular weight excluding hydrogens is 376 g/mol. The Morgan fingerprint density at radius 2 is 2.00 bits per heavy atom. The molecular formula is C8H5ClF3IN2S. The molecule has 0 aliphatic heterocycles. The Kier molecular flexibility index (Phi) is 4.24. The highest BCUT2D eigenvalue weighted by Crippen LogP contribution is 2.38. The van der Waals surface area contributed by atoms with E-state index in [-0.39, 0.29) is 15.8 Å². The lowest BCUT2D eigenvalue weighted by atomic mass is 10.2. The monoisotopic (exact) mass is 380 g/mol. The fourth-order valence-electron chi connectivity index (χ4n) is 0.995. The van der Waals surface area contributed by atoms with Crippen LogP contribution in [0.4, 0.5) is 18.9 Å². The molecule has 0 saturated heterocycles. The van der Waals surface area contributed by atoms with Crippen LogP contribution in [-0.2, 0) is 6.18 Å². The lowest BCUT2D eigenvalue weighted by Crippen LogP contribution is -2.20. The van der Waals surface area contributed by atoms with Crippen LogP contribution < -0.4 is 11.1 Å². The normalized spacial score (nSPS) is 11.3. The standard InChI is InChI=1S/C8H5ClF3IN2S/c9-4-2-5(13)6(15-7(14)16)1-3(4)8(10,11)12/h1-2H,(H3,14,15,16). The van der Waals surface area contributed by atoms with Crippen molar-refractivity contribution in [1.29, 1.82) is 0 Å². The average molecular weight is 381 g/mol. The van der Waals surface area contributed by atoms with Gasteiger partial charge in [0.15, 0.2) is 5.11 Å². The van der Waals surface area contributed by atoms with Gasteiger partial charge in [-0.3, -0.25) is 0 Å². The van der Waals surface area contributed by atoms with Gasteiger partial charge in [0.05, 0.1) is 16.3 Å². The van der Waals surface area contributed by atoms with Crippen molar-refractivity contribution in [2.24, 2.45) is 5.73 Å². The van der Waals surface area contributed by atoms with Crippen LogP contribution in [0.25, 0.3) is 0 Å². The van der Waals surface area contributed by atoms with E-state index in [9.17, 15) is 13.2 Å². The maximum Gasteiger partial charge on any atom is 0.417 e. The fourth-order valence-corrected chi connectivity index (χ4v) is 2.16. The summed E-state index contributed by atoms with van der Waals surface area (Å²) in [4.78, 5) is 0. The van der Waals surface area contributed by atoms with E-state index in [4.69, 9.17) is 17.3 Å². The van der Waals surface area contributed by atoms with Gasteiger partial charge in [-0.25, -0.2) is 0 Å². The molecule has 8 heteroatoms. The van der Waals surface area contributed by atoms with Crippen LogP contribution in [-0.4, -0.2) is 5.11 Å². The van der Waals surface area contributed by atoms with Gasteiger partial charge in [-0.2, -0.15) is 13.2 Å². The quantitative estimate of drug-likeness (QED) is 0.577. The Morgan fingerprint density at radius 1 is 1.44 bits per heavy atom. The van der Waals surface area contributed by atoms with E-state index < -0.39 is 11.7 Å². The van der Waals surface area contributed by atoms with Crippen LogP contribution in [0.15, 0.2) is 12.1 Å².